The summed E-state index contributed by atoms with van der Waals surface area (Å²) in [5.41, 5.74) is 2.77. The van der Waals surface area contributed by atoms with E-state index in [1.807, 2.05) is 61.6 Å². The lowest BCUT2D eigenvalue weighted by Gasteiger charge is -2.25. The molecule has 1 aliphatic rings. The molecule has 4 nitrogen and oxygen atoms in total. The summed E-state index contributed by atoms with van der Waals surface area (Å²) in [7, 11) is 1.81. The lowest BCUT2D eigenvalue weighted by atomic mass is 10.0. The van der Waals surface area contributed by atoms with Gasteiger partial charge in [-0.2, -0.15) is 0 Å². The normalized spacial score (nSPS) is 16.5. The van der Waals surface area contributed by atoms with Gasteiger partial charge in [-0.15, -0.1) is 0 Å². The second kappa shape index (κ2) is 7.34. The van der Waals surface area contributed by atoms with Crippen LogP contribution in [-0.4, -0.2) is 47.8 Å². The molecular weight excluding hydrogens is 312 g/mol. The molecule has 1 atom stereocenters. The molecule has 25 heavy (non-hydrogen) atoms. The fraction of sp³-hybridized carbons (Fsp3) is 0.238. The fourth-order valence-corrected chi connectivity index (χ4v) is 3.22. The van der Waals surface area contributed by atoms with Crippen LogP contribution >= 0.6 is 0 Å². The molecule has 0 aromatic heterocycles. The molecule has 2 aromatic rings. The van der Waals surface area contributed by atoms with Crippen molar-refractivity contribution in [2.45, 2.75) is 12.5 Å². The van der Waals surface area contributed by atoms with Crippen molar-refractivity contribution in [1.29, 1.82) is 0 Å². The lowest BCUT2D eigenvalue weighted by molar-refractivity contribution is -0.125. The minimum Gasteiger partial charge on any atom is -0.337 e. The van der Waals surface area contributed by atoms with Crippen LogP contribution in [0.15, 0.2) is 67.3 Å². The summed E-state index contributed by atoms with van der Waals surface area (Å²) in [6.07, 6.45) is 2.12. The summed E-state index contributed by atoms with van der Waals surface area (Å²) in [4.78, 5) is 28.1. The molecule has 2 amide bonds. The largest absolute Gasteiger partial charge is 0.337 e. The number of hydrogen-bond donors (Lipinski definition) is 0. The van der Waals surface area contributed by atoms with Gasteiger partial charge in [0.15, 0.2) is 0 Å². The molecule has 1 fully saturated rings. The van der Waals surface area contributed by atoms with E-state index in [1.54, 1.807) is 9.80 Å². The summed E-state index contributed by atoms with van der Waals surface area (Å²) >= 11 is 0. The maximum Gasteiger partial charge on any atom is 0.253 e. The van der Waals surface area contributed by atoms with Gasteiger partial charge in [-0.05, 0) is 35.8 Å². The molecule has 0 radical (unpaired) electrons. The predicted molar refractivity (Wildman–Crippen MR) is 99.2 cm³/mol. The second-order valence-corrected chi connectivity index (χ2v) is 6.29. The number of hydrogen-bond acceptors (Lipinski definition) is 2. The van der Waals surface area contributed by atoms with Crippen LogP contribution in [0.2, 0.25) is 0 Å². The average molecular weight is 334 g/mol. The Morgan fingerprint density at radius 3 is 2.56 bits per heavy atom. The highest BCUT2D eigenvalue weighted by atomic mass is 16.2. The maximum atomic E-state index is 12.9. The van der Waals surface area contributed by atoms with Crippen LogP contribution in [0.1, 0.15) is 16.8 Å². The Bertz CT molecular complexity index is 785. The first-order chi connectivity index (χ1) is 12.1. The van der Waals surface area contributed by atoms with Gasteiger partial charge >= 0.3 is 0 Å². The smallest absolute Gasteiger partial charge is 0.253 e. The minimum atomic E-state index is -0.0746. The summed E-state index contributed by atoms with van der Waals surface area (Å²) in [6.45, 7) is 4.75. The molecule has 0 aliphatic carbocycles. The van der Waals surface area contributed by atoms with Gasteiger partial charge in [-0.25, -0.2) is 0 Å². The Morgan fingerprint density at radius 1 is 1.12 bits per heavy atom. The summed E-state index contributed by atoms with van der Waals surface area (Å²) in [6, 6.07) is 17.7. The molecule has 1 heterocycles. The molecule has 0 spiro atoms. The molecule has 1 saturated heterocycles. The van der Waals surface area contributed by atoms with E-state index in [9.17, 15) is 9.59 Å². The van der Waals surface area contributed by atoms with Crippen LogP contribution in [0.4, 0.5) is 0 Å². The van der Waals surface area contributed by atoms with Crippen LogP contribution in [0.5, 0.6) is 0 Å². The number of amides is 2. The monoisotopic (exact) mass is 334 g/mol. The van der Waals surface area contributed by atoms with Gasteiger partial charge < -0.3 is 9.80 Å². The molecule has 1 aliphatic heterocycles. The summed E-state index contributed by atoms with van der Waals surface area (Å²) in [5, 5.41) is 0. The Balaban J connectivity index is 1.75. The van der Waals surface area contributed by atoms with E-state index in [2.05, 4.69) is 6.58 Å². The van der Waals surface area contributed by atoms with Crippen LogP contribution in [-0.2, 0) is 4.79 Å². The van der Waals surface area contributed by atoms with Crippen LogP contribution in [0.3, 0.4) is 0 Å². The third-order valence-corrected chi connectivity index (χ3v) is 4.73. The lowest BCUT2D eigenvalue weighted by Crippen LogP contribution is -2.39. The molecule has 128 valence electrons. The summed E-state index contributed by atoms with van der Waals surface area (Å²) in [5.74, 6) is -0.0925. The minimum absolute atomic E-state index is 0.0179. The Hall–Kier alpha value is -2.88. The van der Waals surface area contributed by atoms with Gasteiger partial charge in [0.2, 0.25) is 5.91 Å². The van der Waals surface area contributed by atoms with E-state index < -0.39 is 0 Å². The number of nitrogens with zero attached hydrogens (tertiary/aromatic N) is 2. The number of benzene rings is 2. The number of likely N-dealkylation sites (tertiary alicyclic amines) is 1. The van der Waals surface area contributed by atoms with Crippen molar-refractivity contribution >= 4 is 11.8 Å². The SMILES string of the molecule is C=CC(=O)N1CC[C@@H](N(C)C(=O)c2cccc(-c3ccccc3)c2)C1. The second-order valence-electron chi connectivity index (χ2n) is 6.29. The van der Waals surface area contributed by atoms with Gasteiger partial charge in [0, 0.05) is 25.7 Å². The molecule has 0 unspecified atom stereocenters. The fourth-order valence-electron chi connectivity index (χ4n) is 3.22. The molecule has 4 heteroatoms. The van der Waals surface area contributed by atoms with Gasteiger partial charge in [0.05, 0.1) is 6.04 Å². The Labute approximate surface area is 148 Å². The first-order valence-electron chi connectivity index (χ1n) is 8.44. The van der Waals surface area contributed by atoms with Gasteiger partial charge in [-0.1, -0.05) is 49.0 Å². The van der Waals surface area contributed by atoms with E-state index in [0.717, 1.165) is 17.5 Å². The van der Waals surface area contributed by atoms with Gasteiger partial charge in [-0.3, -0.25) is 9.59 Å². The third kappa shape index (κ3) is 3.63. The molecule has 0 saturated carbocycles. The van der Waals surface area contributed by atoms with E-state index in [-0.39, 0.29) is 17.9 Å². The van der Waals surface area contributed by atoms with Gasteiger partial charge in [0.25, 0.3) is 5.91 Å². The quantitative estimate of drug-likeness (QED) is 0.806. The summed E-state index contributed by atoms with van der Waals surface area (Å²) < 4.78 is 0. The zero-order valence-electron chi connectivity index (χ0n) is 14.4. The van der Waals surface area contributed by atoms with Gasteiger partial charge in [0.1, 0.15) is 0 Å². The van der Waals surface area contributed by atoms with Crippen molar-refractivity contribution in [3.63, 3.8) is 0 Å². The van der Waals surface area contributed by atoms with E-state index in [1.165, 1.54) is 6.08 Å². The molecule has 0 bridgehead atoms. The zero-order chi connectivity index (χ0) is 17.8. The zero-order valence-corrected chi connectivity index (χ0v) is 14.4. The molecule has 3 rings (SSSR count). The number of rotatable bonds is 4. The maximum absolute atomic E-state index is 12.9. The topological polar surface area (TPSA) is 40.6 Å². The van der Waals surface area contributed by atoms with Crippen molar-refractivity contribution in [1.82, 2.24) is 9.80 Å². The van der Waals surface area contributed by atoms with Crippen molar-refractivity contribution < 1.29 is 9.59 Å². The van der Waals surface area contributed by atoms with E-state index >= 15 is 0 Å². The highest BCUT2D eigenvalue weighted by Crippen LogP contribution is 2.22. The van der Waals surface area contributed by atoms with E-state index in [0.29, 0.717) is 18.7 Å². The van der Waals surface area contributed by atoms with Crippen LogP contribution < -0.4 is 0 Å². The highest BCUT2D eigenvalue weighted by Gasteiger charge is 2.30. The number of carbonyl (C=O) groups is 2. The highest BCUT2D eigenvalue weighted by molar-refractivity contribution is 5.95. The molecular formula is C21H22N2O2. The van der Waals surface area contributed by atoms with Crippen LogP contribution in [0, 0.1) is 0 Å². The first-order valence-corrected chi connectivity index (χ1v) is 8.44. The van der Waals surface area contributed by atoms with Crippen molar-refractivity contribution in [3.05, 3.63) is 72.8 Å². The van der Waals surface area contributed by atoms with E-state index in [4.69, 9.17) is 0 Å². The first kappa shape index (κ1) is 17.0. The molecule has 0 N–H and O–H groups in total. The standard InChI is InChI=1S/C21H22N2O2/c1-3-20(24)23-13-12-19(15-23)22(2)21(25)18-11-7-10-17(14-18)16-8-5-4-6-9-16/h3-11,14,19H,1,12-13,15H2,2H3/t19-/m1/s1. The van der Waals surface area contributed by atoms with Crippen molar-refractivity contribution in [2.75, 3.05) is 20.1 Å². The van der Waals surface area contributed by atoms with Crippen LogP contribution in [0.25, 0.3) is 11.1 Å². The average Bonchev–Trinajstić information content (AvgIpc) is 3.17. The Morgan fingerprint density at radius 2 is 1.84 bits per heavy atom. The molecule has 2 aromatic carbocycles. The number of carbonyl (C=O) groups excluding carboxylic acids is 2. The van der Waals surface area contributed by atoms with Crippen molar-refractivity contribution in [3.8, 4) is 11.1 Å². The predicted octanol–water partition coefficient (Wildman–Crippen LogP) is 3.21. The Kier molecular flexibility index (Phi) is 4.98. The third-order valence-electron chi connectivity index (χ3n) is 4.73. The number of likely N-dealkylation sites (N-methyl/N-ethyl adjacent to an activating group) is 1. The van der Waals surface area contributed by atoms with Crippen molar-refractivity contribution in [2.24, 2.45) is 0 Å².